The van der Waals surface area contributed by atoms with Crippen LogP contribution in [0, 0.1) is 5.92 Å². The van der Waals surface area contributed by atoms with E-state index in [4.69, 9.17) is 11.6 Å². The molecule has 0 aliphatic heterocycles. The second kappa shape index (κ2) is 7.26. The van der Waals surface area contributed by atoms with E-state index in [0.717, 1.165) is 11.6 Å². The van der Waals surface area contributed by atoms with Gasteiger partial charge in [0, 0.05) is 20.8 Å². The van der Waals surface area contributed by atoms with Crippen LogP contribution in [0.3, 0.4) is 0 Å². The highest BCUT2D eigenvalue weighted by atomic mass is 35.5. The minimum absolute atomic E-state index is 0.445. The Morgan fingerprint density at radius 3 is 2.40 bits per heavy atom. The quantitative estimate of drug-likeness (QED) is 0.715. The van der Waals surface area contributed by atoms with Crippen LogP contribution in [0.25, 0.3) is 10.4 Å². The molecule has 1 unspecified atom stereocenters. The number of halogens is 1. The molecule has 1 heterocycles. The molecule has 0 aliphatic carbocycles. The van der Waals surface area contributed by atoms with E-state index in [2.05, 4.69) is 50.4 Å². The molecule has 1 atom stereocenters. The topological polar surface area (TPSA) is 12.0 Å². The van der Waals surface area contributed by atoms with Crippen LogP contribution in [0.4, 0.5) is 0 Å². The van der Waals surface area contributed by atoms with Gasteiger partial charge < -0.3 is 5.32 Å². The third-order valence-electron chi connectivity index (χ3n) is 3.34. The Labute approximate surface area is 131 Å². The van der Waals surface area contributed by atoms with Crippen LogP contribution in [0.5, 0.6) is 0 Å². The monoisotopic (exact) mass is 307 g/mol. The maximum atomic E-state index is 5.95. The molecule has 108 valence electrons. The molecule has 0 radical (unpaired) electrons. The normalized spacial score (nSPS) is 12.8. The highest BCUT2D eigenvalue weighted by molar-refractivity contribution is 7.15. The fourth-order valence-electron chi connectivity index (χ4n) is 2.25. The molecule has 2 rings (SSSR count). The fourth-order valence-corrected chi connectivity index (χ4v) is 3.64. The maximum Gasteiger partial charge on any atom is 0.0438 e. The lowest BCUT2D eigenvalue weighted by Gasteiger charge is -2.20. The van der Waals surface area contributed by atoms with Crippen molar-refractivity contribution in [3.8, 4) is 10.4 Å². The predicted octanol–water partition coefficient (Wildman–Crippen LogP) is 5.77. The maximum absolute atomic E-state index is 5.95. The summed E-state index contributed by atoms with van der Waals surface area (Å²) in [4.78, 5) is 2.72. The summed E-state index contributed by atoms with van der Waals surface area (Å²) in [5.41, 5.74) is 1.24. The number of hydrogen-bond donors (Lipinski definition) is 1. The highest BCUT2D eigenvalue weighted by Gasteiger charge is 2.17. The largest absolute Gasteiger partial charge is 0.309 e. The molecule has 0 fully saturated rings. The van der Waals surface area contributed by atoms with E-state index in [0.29, 0.717) is 12.0 Å². The summed E-state index contributed by atoms with van der Waals surface area (Å²) < 4.78 is 0. The van der Waals surface area contributed by atoms with Crippen molar-refractivity contribution in [2.45, 2.75) is 33.2 Å². The van der Waals surface area contributed by atoms with Crippen LogP contribution in [-0.2, 0) is 0 Å². The predicted molar refractivity (Wildman–Crippen MR) is 90.6 cm³/mol. The third-order valence-corrected chi connectivity index (χ3v) is 4.81. The van der Waals surface area contributed by atoms with E-state index in [9.17, 15) is 0 Å². The first-order chi connectivity index (χ1) is 9.61. The minimum Gasteiger partial charge on any atom is -0.309 e. The van der Waals surface area contributed by atoms with Crippen molar-refractivity contribution in [2.24, 2.45) is 5.92 Å². The van der Waals surface area contributed by atoms with Crippen LogP contribution in [0.2, 0.25) is 5.02 Å². The standard InChI is InChI=1S/C17H22ClNS/c1-4-11-19-17(12(2)3)16-10-9-15(20-16)13-5-7-14(18)8-6-13/h5-10,12,17,19H,4,11H2,1-3H3. The molecular formula is C17H22ClNS. The van der Waals surface area contributed by atoms with E-state index in [-0.39, 0.29) is 0 Å². The van der Waals surface area contributed by atoms with Gasteiger partial charge in [0.1, 0.15) is 0 Å². The van der Waals surface area contributed by atoms with Gasteiger partial charge in [0.25, 0.3) is 0 Å². The summed E-state index contributed by atoms with van der Waals surface area (Å²) in [6.07, 6.45) is 1.17. The van der Waals surface area contributed by atoms with Gasteiger partial charge in [0.05, 0.1) is 0 Å². The Morgan fingerprint density at radius 1 is 1.10 bits per heavy atom. The summed E-state index contributed by atoms with van der Waals surface area (Å²) in [5.74, 6) is 0.596. The highest BCUT2D eigenvalue weighted by Crippen LogP contribution is 2.34. The van der Waals surface area contributed by atoms with E-state index in [1.165, 1.54) is 21.7 Å². The molecule has 0 saturated heterocycles. The van der Waals surface area contributed by atoms with Gasteiger partial charge in [-0.3, -0.25) is 0 Å². The number of thiophene rings is 1. The SMILES string of the molecule is CCCNC(c1ccc(-c2ccc(Cl)cc2)s1)C(C)C. The average Bonchev–Trinajstić information content (AvgIpc) is 2.89. The number of rotatable bonds is 6. The third kappa shape index (κ3) is 3.85. The van der Waals surface area contributed by atoms with Crippen molar-refractivity contribution < 1.29 is 0 Å². The van der Waals surface area contributed by atoms with Crippen molar-refractivity contribution in [3.05, 3.63) is 46.3 Å². The van der Waals surface area contributed by atoms with Crippen LogP contribution in [0.15, 0.2) is 36.4 Å². The van der Waals surface area contributed by atoms with Gasteiger partial charge in [-0.2, -0.15) is 0 Å². The van der Waals surface area contributed by atoms with E-state index < -0.39 is 0 Å². The molecule has 1 nitrogen and oxygen atoms in total. The number of hydrogen-bond acceptors (Lipinski definition) is 2. The lowest BCUT2D eigenvalue weighted by atomic mass is 10.0. The zero-order chi connectivity index (χ0) is 14.5. The summed E-state index contributed by atoms with van der Waals surface area (Å²) in [6, 6.07) is 13.0. The average molecular weight is 308 g/mol. The summed E-state index contributed by atoms with van der Waals surface area (Å²) in [5, 5.41) is 4.44. The van der Waals surface area contributed by atoms with Crippen molar-refractivity contribution >= 4 is 22.9 Å². The van der Waals surface area contributed by atoms with Gasteiger partial charge in [-0.1, -0.05) is 44.5 Å². The van der Waals surface area contributed by atoms with E-state index in [1.807, 2.05) is 23.5 Å². The van der Waals surface area contributed by atoms with Crippen molar-refractivity contribution in [1.82, 2.24) is 5.32 Å². The van der Waals surface area contributed by atoms with Crippen molar-refractivity contribution in [2.75, 3.05) is 6.54 Å². The summed E-state index contributed by atoms with van der Waals surface area (Å²) in [7, 11) is 0. The van der Waals surface area contributed by atoms with Gasteiger partial charge in [-0.15, -0.1) is 11.3 Å². The van der Waals surface area contributed by atoms with Gasteiger partial charge in [0.15, 0.2) is 0 Å². The minimum atomic E-state index is 0.445. The Balaban J connectivity index is 2.20. The van der Waals surface area contributed by atoms with Crippen LogP contribution >= 0.6 is 22.9 Å². The molecule has 2 aromatic rings. The van der Waals surface area contributed by atoms with Crippen LogP contribution < -0.4 is 5.32 Å². The number of nitrogens with one attached hydrogen (secondary N) is 1. The van der Waals surface area contributed by atoms with E-state index >= 15 is 0 Å². The first-order valence-electron chi connectivity index (χ1n) is 7.21. The second-order valence-corrected chi connectivity index (χ2v) is 6.94. The lowest BCUT2D eigenvalue weighted by Crippen LogP contribution is -2.25. The molecule has 0 bridgehead atoms. The first-order valence-corrected chi connectivity index (χ1v) is 8.40. The number of benzene rings is 1. The van der Waals surface area contributed by atoms with Gasteiger partial charge >= 0.3 is 0 Å². The van der Waals surface area contributed by atoms with Crippen LogP contribution in [0.1, 0.15) is 38.1 Å². The molecule has 3 heteroatoms. The molecule has 1 aromatic heterocycles. The molecule has 1 N–H and O–H groups in total. The fraction of sp³-hybridized carbons (Fsp3) is 0.412. The second-order valence-electron chi connectivity index (χ2n) is 5.38. The smallest absolute Gasteiger partial charge is 0.0438 e. The van der Waals surface area contributed by atoms with Crippen molar-refractivity contribution in [3.63, 3.8) is 0 Å². The Bertz CT molecular complexity index is 530. The summed E-state index contributed by atoms with van der Waals surface area (Å²) in [6.45, 7) is 7.82. The van der Waals surface area contributed by atoms with Gasteiger partial charge in [-0.05, 0) is 48.7 Å². The molecule has 0 aliphatic rings. The Kier molecular flexibility index (Phi) is 5.64. The van der Waals surface area contributed by atoms with Gasteiger partial charge in [0.2, 0.25) is 0 Å². The molecule has 0 saturated carbocycles. The Morgan fingerprint density at radius 2 is 1.80 bits per heavy atom. The Hall–Kier alpha value is -0.830. The zero-order valence-electron chi connectivity index (χ0n) is 12.3. The summed E-state index contributed by atoms with van der Waals surface area (Å²) >= 11 is 7.82. The van der Waals surface area contributed by atoms with Gasteiger partial charge in [-0.25, -0.2) is 0 Å². The first kappa shape index (κ1) is 15.6. The molecular weight excluding hydrogens is 286 g/mol. The molecule has 20 heavy (non-hydrogen) atoms. The van der Waals surface area contributed by atoms with E-state index in [1.54, 1.807) is 0 Å². The molecule has 0 amide bonds. The molecule has 1 aromatic carbocycles. The zero-order valence-corrected chi connectivity index (χ0v) is 13.9. The molecule has 0 spiro atoms. The van der Waals surface area contributed by atoms with Crippen molar-refractivity contribution in [1.29, 1.82) is 0 Å². The van der Waals surface area contributed by atoms with Crippen LogP contribution in [-0.4, -0.2) is 6.54 Å². The lowest BCUT2D eigenvalue weighted by molar-refractivity contribution is 0.418.